The number of hydrogen-bond donors (Lipinski definition) is 0. The van der Waals surface area contributed by atoms with Gasteiger partial charge < -0.3 is 4.90 Å². The van der Waals surface area contributed by atoms with E-state index in [0.29, 0.717) is 12.8 Å². The number of halogens is 3. The van der Waals surface area contributed by atoms with Gasteiger partial charge in [0.25, 0.3) is 0 Å². The van der Waals surface area contributed by atoms with Gasteiger partial charge in [-0.3, -0.25) is 4.79 Å². The lowest BCUT2D eigenvalue weighted by Crippen LogP contribution is -2.42. The second-order valence-corrected chi connectivity index (χ2v) is 4.83. The molecule has 0 N–H and O–H groups in total. The van der Waals surface area contributed by atoms with Crippen LogP contribution in [0.2, 0.25) is 0 Å². The molecule has 1 fully saturated rings. The number of nitrogens with zero attached hydrogens (tertiary/aromatic N) is 1. The summed E-state index contributed by atoms with van der Waals surface area (Å²) in [6.45, 7) is 2.05. The second kappa shape index (κ2) is 5.23. The molecule has 0 bridgehead atoms. The Bertz CT molecular complexity index is 449. The lowest BCUT2D eigenvalue weighted by atomic mass is 10.1. The van der Waals surface area contributed by atoms with Gasteiger partial charge in [-0.2, -0.15) is 13.2 Å². The maximum Gasteiger partial charge on any atom is 0.471 e. The number of carbonyl (C=O) groups is 1. The van der Waals surface area contributed by atoms with Gasteiger partial charge in [0.15, 0.2) is 0 Å². The monoisotopic (exact) mass is 271 g/mol. The first kappa shape index (κ1) is 13.9. The minimum Gasteiger partial charge on any atom is -0.328 e. The summed E-state index contributed by atoms with van der Waals surface area (Å²) in [4.78, 5) is 12.3. The standard InChI is InChI=1S/C14H16F3NO/c1-2-10-3-5-11(6-4-10)9-18(12-7-8-12)13(19)14(15,16)17/h3-6,12H,2,7-9H2,1H3. The zero-order valence-electron chi connectivity index (χ0n) is 10.7. The number of aryl methyl sites for hydroxylation is 1. The fourth-order valence-corrected chi connectivity index (χ4v) is 1.99. The summed E-state index contributed by atoms with van der Waals surface area (Å²) < 4.78 is 37.6. The Morgan fingerprint density at radius 3 is 2.16 bits per heavy atom. The second-order valence-electron chi connectivity index (χ2n) is 4.83. The van der Waals surface area contributed by atoms with E-state index in [1.54, 1.807) is 12.1 Å². The molecule has 104 valence electrons. The van der Waals surface area contributed by atoms with Crippen LogP contribution in [0.1, 0.15) is 30.9 Å². The van der Waals surface area contributed by atoms with Crippen LogP contribution in [0.25, 0.3) is 0 Å². The van der Waals surface area contributed by atoms with Gasteiger partial charge >= 0.3 is 12.1 Å². The summed E-state index contributed by atoms with van der Waals surface area (Å²) in [5.41, 5.74) is 1.87. The summed E-state index contributed by atoms with van der Waals surface area (Å²) in [6.07, 6.45) is -2.58. The van der Waals surface area contributed by atoms with Gasteiger partial charge in [-0.15, -0.1) is 0 Å². The Balaban J connectivity index is 2.10. The van der Waals surface area contributed by atoms with Gasteiger partial charge in [-0.1, -0.05) is 31.2 Å². The Hall–Kier alpha value is -1.52. The molecule has 0 unspecified atom stereocenters. The first-order chi connectivity index (χ1) is 8.91. The van der Waals surface area contributed by atoms with Crippen molar-refractivity contribution in [3.63, 3.8) is 0 Å². The van der Waals surface area contributed by atoms with E-state index in [1.807, 2.05) is 19.1 Å². The van der Waals surface area contributed by atoms with Gasteiger partial charge in [0.05, 0.1) is 0 Å². The van der Waals surface area contributed by atoms with Crippen LogP contribution in [0.3, 0.4) is 0 Å². The predicted molar refractivity (Wildman–Crippen MR) is 65.4 cm³/mol. The minimum absolute atomic E-state index is 0.0347. The Kier molecular flexibility index (Phi) is 3.83. The van der Waals surface area contributed by atoms with Crippen LogP contribution in [0.15, 0.2) is 24.3 Å². The number of amides is 1. The molecule has 0 atom stereocenters. The molecule has 1 aromatic carbocycles. The summed E-state index contributed by atoms with van der Waals surface area (Å²) in [5, 5.41) is 0. The summed E-state index contributed by atoms with van der Waals surface area (Å²) in [6, 6.07) is 7.10. The van der Waals surface area contributed by atoms with Crippen molar-refractivity contribution in [3.8, 4) is 0 Å². The maximum absolute atomic E-state index is 12.5. The van der Waals surface area contributed by atoms with Crippen molar-refractivity contribution in [1.82, 2.24) is 4.90 Å². The molecule has 1 aliphatic carbocycles. The summed E-state index contributed by atoms with van der Waals surface area (Å²) in [7, 11) is 0. The molecule has 0 aromatic heterocycles. The molecule has 5 heteroatoms. The maximum atomic E-state index is 12.5. The van der Waals surface area contributed by atoms with Crippen LogP contribution in [0.5, 0.6) is 0 Å². The summed E-state index contributed by atoms with van der Waals surface area (Å²) >= 11 is 0. The third-order valence-electron chi connectivity index (χ3n) is 3.28. The quantitative estimate of drug-likeness (QED) is 0.822. The highest BCUT2D eigenvalue weighted by atomic mass is 19.4. The lowest BCUT2D eigenvalue weighted by Gasteiger charge is -2.23. The lowest BCUT2D eigenvalue weighted by molar-refractivity contribution is -0.186. The van der Waals surface area contributed by atoms with E-state index >= 15 is 0 Å². The van der Waals surface area contributed by atoms with E-state index in [4.69, 9.17) is 0 Å². The SMILES string of the molecule is CCc1ccc(CN(C(=O)C(F)(F)F)C2CC2)cc1. The van der Waals surface area contributed by atoms with Crippen molar-refractivity contribution >= 4 is 5.91 Å². The molecular formula is C14H16F3NO. The highest BCUT2D eigenvalue weighted by Crippen LogP contribution is 2.32. The molecule has 19 heavy (non-hydrogen) atoms. The normalized spacial score (nSPS) is 15.4. The average Bonchev–Trinajstić information content (AvgIpc) is 3.19. The van der Waals surface area contributed by atoms with Crippen LogP contribution in [0.4, 0.5) is 13.2 Å². The van der Waals surface area contributed by atoms with Crippen LogP contribution < -0.4 is 0 Å². The molecule has 0 spiro atoms. The Labute approximate surface area is 110 Å². The van der Waals surface area contributed by atoms with Crippen molar-refractivity contribution in [2.45, 2.75) is 44.9 Å². The van der Waals surface area contributed by atoms with Crippen LogP contribution in [-0.4, -0.2) is 23.0 Å². The third kappa shape index (κ3) is 3.49. The molecule has 1 aromatic rings. The van der Waals surface area contributed by atoms with Crippen molar-refractivity contribution in [2.24, 2.45) is 0 Å². The molecule has 0 radical (unpaired) electrons. The van der Waals surface area contributed by atoms with E-state index in [0.717, 1.165) is 22.4 Å². The number of hydrogen-bond acceptors (Lipinski definition) is 1. The fourth-order valence-electron chi connectivity index (χ4n) is 1.99. The minimum atomic E-state index is -4.79. The molecule has 1 aliphatic rings. The van der Waals surface area contributed by atoms with Crippen molar-refractivity contribution in [2.75, 3.05) is 0 Å². The number of carbonyl (C=O) groups excluding carboxylic acids is 1. The average molecular weight is 271 g/mol. The number of alkyl halides is 3. The van der Waals surface area contributed by atoms with Crippen LogP contribution in [0, 0.1) is 0 Å². The first-order valence-electron chi connectivity index (χ1n) is 6.37. The van der Waals surface area contributed by atoms with E-state index in [9.17, 15) is 18.0 Å². The van der Waals surface area contributed by atoms with Gasteiger partial charge in [0.1, 0.15) is 0 Å². The van der Waals surface area contributed by atoms with E-state index < -0.39 is 12.1 Å². The predicted octanol–water partition coefficient (Wildman–Crippen LogP) is 3.30. The van der Waals surface area contributed by atoms with Gasteiger partial charge in [-0.05, 0) is 30.4 Å². The number of benzene rings is 1. The zero-order valence-corrected chi connectivity index (χ0v) is 10.7. The van der Waals surface area contributed by atoms with Gasteiger partial charge in [0.2, 0.25) is 0 Å². The molecule has 1 saturated carbocycles. The molecule has 2 rings (SSSR count). The molecule has 0 saturated heterocycles. The number of rotatable bonds is 4. The molecule has 2 nitrogen and oxygen atoms in total. The highest BCUT2D eigenvalue weighted by molar-refractivity contribution is 5.82. The topological polar surface area (TPSA) is 20.3 Å². The van der Waals surface area contributed by atoms with Gasteiger partial charge in [-0.25, -0.2) is 0 Å². The van der Waals surface area contributed by atoms with Gasteiger partial charge in [0, 0.05) is 12.6 Å². The van der Waals surface area contributed by atoms with E-state index in [1.165, 1.54) is 0 Å². The van der Waals surface area contributed by atoms with Crippen molar-refractivity contribution in [1.29, 1.82) is 0 Å². The largest absolute Gasteiger partial charge is 0.471 e. The molecule has 1 amide bonds. The fraction of sp³-hybridized carbons (Fsp3) is 0.500. The smallest absolute Gasteiger partial charge is 0.328 e. The van der Waals surface area contributed by atoms with Crippen molar-refractivity contribution in [3.05, 3.63) is 35.4 Å². The Morgan fingerprint density at radius 1 is 1.21 bits per heavy atom. The van der Waals surface area contributed by atoms with Crippen molar-refractivity contribution < 1.29 is 18.0 Å². The highest BCUT2D eigenvalue weighted by Gasteiger charge is 2.46. The third-order valence-corrected chi connectivity index (χ3v) is 3.28. The first-order valence-corrected chi connectivity index (χ1v) is 6.37. The molecular weight excluding hydrogens is 255 g/mol. The molecule has 0 heterocycles. The van der Waals surface area contributed by atoms with Crippen LogP contribution in [-0.2, 0) is 17.8 Å². The Morgan fingerprint density at radius 2 is 1.74 bits per heavy atom. The molecule has 0 aliphatic heterocycles. The zero-order chi connectivity index (χ0) is 14.0. The van der Waals surface area contributed by atoms with E-state index in [-0.39, 0.29) is 12.6 Å². The summed E-state index contributed by atoms with van der Waals surface area (Å²) in [5.74, 6) is -1.73. The van der Waals surface area contributed by atoms with E-state index in [2.05, 4.69) is 0 Å². The van der Waals surface area contributed by atoms with Crippen LogP contribution >= 0.6 is 0 Å².